The molecule has 0 bridgehead atoms. The fourth-order valence-corrected chi connectivity index (χ4v) is 1.81. The maximum atomic E-state index is 13.3. The fraction of sp³-hybridized carbons (Fsp3) is 0.462. The summed E-state index contributed by atoms with van der Waals surface area (Å²) >= 11 is 0. The normalized spacial score (nSPS) is 9.95. The highest BCUT2D eigenvalue weighted by Crippen LogP contribution is 2.24. The summed E-state index contributed by atoms with van der Waals surface area (Å²) < 4.78 is 18.2. The summed E-state index contributed by atoms with van der Waals surface area (Å²) in [6, 6.07) is 1.90. The molecule has 7 nitrogen and oxygen atoms in total. The molecule has 1 rings (SSSR count). The summed E-state index contributed by atoms with van der Waals surface area (Å²) in [6.07, 6.45) is 0. The minimum atomic E-state index is -0.680. The van der Waals surface area contributed by atoms with Gasteiger partial charge in [-0.25, -0.2) is 4.39 Å². The molecular weight excluding hydrogens is 317 g/mol. The minimum Gasteiger partial charge on any atom is -0.383 e. The molecule has 0 unspecified atom stereocenters. The van der Waals surface area contributed by atoms with Crippen molar-refractivity contribution in [2.24, 2.45) is 0 Å². The van der Waals surface area contributed by atoms with E-state index in [4.69, 9.17) is 4.74 Å². The number of benzene rings is 1. The van der Waals surface area contributed by atoms with Gasteiger partial charge in [0.1, 0.15) is 11.4 Å². The standard InChI is InChI=1S/C13H18FN3O4.ClH/c1-9-7-10(14)8-11(12(9)17(19)20)13(18)16-4-3-15-5-6-21-2;/h7-8,15H,3-6H2,1-2H3,(H,16,18);1H. The van der Waals surface area contributed by atoms with E-state index in [1.165, 1.54) is 6.92 Å². The number of carbonyl (C=O) groups excluding carboxylic acids is 1. The number of methoxy groups -OCH3 is 1. The van der Waals surface area contributed by atoms with Crippen molar-refractivity contribution < 1.29 is 18.8 Å². The first-order chi connectivity index (χ1) is 9.97. The molecule has 0 heterocycles. The number of hydrogen-bond donors (Lipinski definition) is 2. The zero-order valence-corrected chi connectivity index (χ0v) is 13.2. The Morgan fingerprint density at radius 2 is 2.05 bits per heavy atom. The van der Waals surface area contributed by atoms with Crippen molar-refractivity contribution in [3.05, 3.63) is 39.2 Å². The molecule has 0 aliphatic rings. The maximum absolute atomic E-state index is 13.3. The van der Waals surface area contributed by atoms with Crippen LogP contribution in [0.3, 0.4) is 0 Å². The second-order valence-electron chi connectivity index (χ2n) is 4.37. The van der Waals surface area contributed by atoms with Gasteiger partial charge in [0.25, 0.3) is 11.6 Å². The summed E-state index contributed by atoms with van der Waals surface area (Å²) in [5.74, 6) is -1.35. The predicted molar refractivity (Wildman–Crippen MR) is 82.1 cm³/mol. The molecule has 9 heteroatoms. The van der Waals surface area contributed by atoms with Gasteiger partial charge < -0.3 is 15.4 Å². The highest BCUT2D eigenvalue weighted by Gasteiger charge is 2.23. The fourth-order valence-electron chi connectivity index (χ4n) is 1.81. The average Bonchev–Trinajstić information content (AvgIpc) is 2.41. The smallest absolute Gasteiger partial charge is 0.285 e. The van der Waals surface area contributed by atoms with Gasteiger partial charge in [0, 0.05) is 32.3 Å². The van der Waals surface area contributed by atoms with Crippen LogP contribution in [0.2, 0.25) is 0 Å². The molecule has 124 valence electrons. The van der Waals surface area contributed by atoms with E-state index in [1.54, 1.807) is 7.11 Å². The van der Waals surface area contributed by atoms with Crippen molar-refractivity contribution in [3.8, 4) is 0 Å². The third kappa shape index (κ3) is 5.92. The molecule has 22 heavy (non-hydrogen) atoms. The number of hydrogen-bond acceptors (Lipinski definition) is 5. The van der Waals surface area contributed by atoms with Gasteiger partial charge in [-0.1, -0.05) is 0 Å². The van der Waals surface area contributed by atoms with Crippen molar-refractivity contribution >= 4 is 24.0 Å². The van der Waals surface area contributed by atoms with E-state index in [-0.39, 0.29) is 35.8 Å². The monoisotopic (exact) mass is 335 g/mol. The Hall–Kier alpha value is -1.77. The molecule has 0 saturated heterocycles. The maximum Gasteiger partial charge on any atom is 0.285 e. The zero-order valence-electron chi connectivity index (χ0n) is 12.3. The van der Waals surface area contributed by atoms with Crippen LogP contribution in [0.15, 0.2) is 12.1 Å². The van der Waals surface area contributed by atoms with Crippen molar-refractivity contribution in [2.75, 3.05) is 33.4 Å². The third-order valence-corrected chi connectivity index (χ3v) is 2.76. The average molecular weight is 336 g/mol. The molecule has 0 radical (unpaired) electrons. The molecule has 1 aromatic rings. The Morgan fingerprint density at radius 1 is 1.36 bits per heavy atom. The Morgan fingerprint density at radius 3 is 2.64 bits per heavy atom. The molecule has 1 aromatic carbocycles. The molecular formula is C13H19ClFN3O4. The summed E-state index contributed by atoms with van der Waals surface area (Å²) in [7, 11) is 1.58. The zero-order chi connectivity index (χ0) is 15.8. The Kier molecular flexibility index (Phi) is 9.23. The second-order valence-corrected chi connectivity index (χ2v) is 4.37. The number of ether oxygens (including phenoxy) is 1. The minimum absolute atomic E-state index is 0. The Bertz CT molecular complexity index is 528. The molecule has 0 spiro atoms. The van der Waals surface area contributed by atoms with Crippen molar-refractivity contribution in [1.82, 2.24) is 10.6 Å². The second kappa shape index (κ2) is 10.0. The quantitative estimate of drug-likeness (QED) is 0.426. The van der Waals surface area contributed by atoms with Gasteiger partial charge in [-0.2, -0.15) is 0 Å². The number of nitrogens with one attached hydrogen (secondary N) is 2. The first-order valence-corrected chi connectivity index (χ1v) is 6.39. The number of nitrogens with zero attached hydrogens (tertiary/aromatic N) is 1. The van der Waals surface area contributed by atoms with Gasteiger partial charge in [-0.3, -0.25) is 14.9 Å². The SMILES string of the molecule is COCCNCCNC(=O)c1cc(F)cc(C)c1[N+](=O)[O-].Cl. The van der Waals surface area contributed by atoms with Crippen LogP contribution < -0.4 is 10.6 Å². The molecule has 0 fully saturated rings. The van der Waals surface area contributed by atoms with E-state index < -0.39 is 16.6 Å². The summed E-state index contributed by atoms with van der Waals surface area (Å²) in [5, 5.41) is 16.5. The number of rotatable bonds is 8. The lowest BCUT2D eigenvalue weighted by Crippen LogP contribution is -2.33. The molecule has 1 amide bonds. The first kappa shape index (κ1) is 20.2. The van der Waals surface area contributed by atoms with Gasteiger partial charge in [-0.05, 0) is 19.1 Å². The van der Waals surface area contributed by atoms with Crippen LogP contribution in [-0.4, -0.2) is 44.2 Å². The van der Waals surface area contributed by atoms with Crippen molar-refractivity contribution in [1.29, 1.82) is 0 Å². The van der Waals surface area contributed by atoms with E-state index in [0.29, 0.717) is 19.7 Å². The lowest BCUT2D eigenvalue weighted by molar-refractivity contribution is -0.385. The summed E-state index contributed by atoms with van der Waals surface area (Å²) in [6.45, 7) is 3.32. The topological polar surface area (TPSA) is 93.5 Å². The van der Waals surface area contributed by atoms with Crippen LogP contribution in [-0.2, 0) is 4.74 Å². The summed E-state index contributed by atoms with van der Waals surface area (Å²) in [4.78, 5) is 22.2. The van der Waals surface area contributed by atoms with E-state index >= 15 is 0 Å². The van der Waals surface area contributed by atoms with Crippen LogP contribution in [0.1, 0.15) is 15.9 Å². The molecule has 2 N–H and O–H groups in total. The number of nitro benzene ring substituents is 1. The number of aryl methyl sites for hydroxylation is 1. The Balaban J connectivity index is 0.00000441. The van der Waals surface area contributed by atoms with E-state index in [0.717, 1.165) is 12.1 Å². The number of amides is 1. The van der Waals surface area contributed by atoms with E-state index in [9.17, 15) is 19.3 Å². The van der Waals surface area contributed by atoms with Crippen LogP contribution >= 0.6 is 12.4 Å². The molecule has 0 atom stereocenters. The van der Waals surface area contributed by atoms with Crippen molar-refractivity contribution in [3.63, 3.8) is 0 Å². The first-order valence-electron chi connectivity index (χ1n) is 6.39. The number of halogens is 2. The van der Waals surface area contributed by atoms with Gasteiger partial charge in [0.15, 0.2) is 0 Å². The van der Waals surface area contributed by atoms with E-state index in [2.05, 4.69) is 10.6 Å². The van der Waals surface area contributed by atoms with Crippen LogP contribution in [0.25, 0.3) is 0 Å². The highest BCUT2D eigenvalue weighted by molar-refractivity contribution is 5.98. The largest absolute Gasteiger partial charge is 0.383 e. The highest BCUT2D eigenvalue weighted by atomic mass is 35.5. The van der Waals surface area contributed by atoms with Gasteiger partial charge in [0.05, 0.1) is 11.5 Å². The lowest BCUT2D eigenvalue weighted by Gasteiger charge is -2.08. The number of nitro groups is 1. The lowest BCUT2D eigenvalue weighted by atomic mass is 10.1. The number of carbonyl (C=O) groups is 1. The molecule has 0 saturated carbocycles. The van der Waals surface area contributed by atoms with Crippen molar-refractivity contribution in [2.45, 2.75) is 6.92 Å². The van der Waals surface area contributed by atoms with Crippen LogP contribution in [0, 0.1) is 22.9 Å². The molecule has 0 aliphatic carbocycles. The molecule has 0 aliphatic heterocycles. The van der Waals surface area contributed by atoms with E-state index in [1.807, 2.05) is 0 Å². The Labute approximate surface area is 133 Å². The third-order valence-electron chi connectivity index (χ3n) is 2.76. The van der Waals surface area contributed by atoms with Gasteiger partial charge in [0.2, 0.25) is 0 Å². The molecule has 0 aromatic heterocycles. The van der Waals surface area contributed by atoms with Crippen LogP contribution in [0.5, 0.6) is 0 Å². The summed E-state index contributed by atoms with van der Waals surface area (Å²) in [5.41, 5.74) is -0.529. The van der Waals surface area contributed by atoms with Gasteiger partial charge in [-0.15, -0.1) is 12.4 Å². The predicted octanol–water partition coefficient (Wildman–Crippen LogP) is 1.43. The van der Waals surface area contributed by atoms with Crippen LogP contribution in [0.4, 0.5) is 10.1 Å². The van der Waals surface area contributed by atoms with Gasteiger partial charge >= 0.3 is 0 Å².